The highest BCUT2D eigenvalue weighted by molar-refractivity contribution is 6.30. The van der Waals surface area contributed by atoms with E-state index in [0.29, 0.717) is 24.1 Å². The van der Waals surface area contributed by atoms with E-state index in [4.69, 9.17) is 17.3 Å². The number of carbonyl (C=O) groups excluding carboxylic acids is 1. The number of likely N-dealkylation sites (N-methyl/N-ethyl adjacent to an activating group) is 1. The molecule has 1 heterocycles. The molecular formula is C11H15ClN4O. The van der Waals surface area contributed by atoms with Crippen molar-refractivity contribution in [1.82, 2.24) is 9.80 Å². The zero-order valence-corrected chi connectivity index (χ0v) is 10.4. The van der Waals surface area contributed by atoms with Crippen molar-refractivity contribution in [3.63, 3.8) is 0 Å². The predicted molar refractivity (Wildman–Crippen MR) is 67.2 cm³/mol. The predicted octanol–water partition coefficient (Wildman–Crippen LogP) is 0.831. The first kappa shape index (κ1) is 12.0. The smallest absolute Gasteiger partial charge is 0.246 e. The Kier molecular flexibility index (Phi) is 3.11. The summed E-state index contributed by atoms with van der Waals surface area (Å²) in [6.07, 6.45) is 3.52. The van der Waals surface area contributed by atoms with Gasteiger partial charge in [0.25, 0.3) is 0 Å². The minimum atomic E-state index is 0.00716. The van der Waals surface area contributed by atoms with Gasteiger partial charge in [-0.15, -0.1) is 0 Å². The van der Waals surface area contributed by atoms with Crippen LogP contribution < -0.4 is 5.73 Å². The molecule has 1 aliphatic heterocycles. The average molecular weight is 255 g/mol. The molecule has 6 heteroatoms. The minimum Gasteiger partial charge on any atom is -0.403 e. The number of nitrogens with zero attached hydrogens (tertiary/aromatic N) is 3. The second-order valence-electron chi connectivity index (χ2n) is 4.18. The molecule has 1 saturated heterocycles. The molecule has 0 aromatic carbocycles. The molecule has 0 aromatic heterocycles. The molecule has 2 fully saturated rings. The Balaban J connectivity index is 2.39. The van der Waals surface area contributed by atoms with Crippen molar-refractivity contribution < 1.29 is 4.79 Å². The zero-order valence-electron chi connectivity index (χ0n) is 9.69. The third kappa shape index (κ3) is 2.29. The Labute approximate surface area is 105 Å². The molecule has 2 N–H and O–H groups in total. The third-order valence-corrected chi connectivity index (χ3v) is 3.00. The van der Waals surface area contributed by atoms with E-state index in [0.717, 1.165) is 12.8 Å². The topological polar surface area (TPSA) is 61.9 Å². The molecule has 2 aliphatic rings. The fourth-order valence-electron chi connectivity index (χ4n) is 1.87. The van der Waals surface area contributed by atoms with Crippen molar-refractivity contribution in [3.8, 4) is 0 Å². The summed E-state index contributed by atoms with van der Waals surface area (Å²) >= 11 is 5.73. The van der Waals surface area contributed by atoms with E-state index >= 15 is 0 Å². The number of hydrogen-bond donors (Lipinski definition) is 1. The number of piperazine rings is 1. The molecule has 0 bridgehead atoms. The van der Waals surface area contributed by atoms with E-state index in [1.165, 1.54) is 11.1 Å². The van der Waals surface area contributed by atoms with Crippen LogP contribution in [0.4, 0.5) is 0 Å². The largest absolute Gasteiger partial charge is 0.403 e. The molecule has 5 nitrogen and oxygen atoms in total. The fraction of sp³-hybridized carbons (Fsp3) is 0.455. The van der Waals surface area contributed by atoms with E-state index in [9.17, 15) is 4.79 Å². The Bertz CT molecular complexity index is 425. The van der Waals surface area contributed by atoms with Gasteiger partial charge in [0.05, 0.1) is 6.54 Å². The summed E-state index contributed by atoms with van der Waals surface area (Å²) in [5.41, 5.74) is 6.15. The number of amides is 1. The lowest BCUT2D eigenvalue weighted by Gasteiger charge is -2.36. The number of nitrogens with two attached hydrogens (primary N) is 1. The summed E-state index contributed by atoms with van der Waals surface area (Å²) in [4.78, 5) is 19.5. The average Bonchev–Trinajstić information content (AvgIpc) is 3.07. The SMILES string of the molecule is C=C(Cl)/N=C1\C(=C/N)N(C)C(=O)CN1C1CC1. The molecule has 2 rings (SSSR count). The standard InChI is InChI=1S/C11H15ClN4O/c1-7(12)14-11-9(5-13)15(2)10(17)6-16(11)8-3-4-8/h5,8H,1,3-4,6,13H2,2H3/b9-5+,14-11+. The molecule has 0 spiro atoms. The summed E-state index contributed by atoms with van der Waals surface area (Å²) in [6, 6.07) is 0.373. The highest BCUT2D eigenvalue weighted by Crippen LogP contribution is 2.31. The highest BCUT2D eigenvalue weighted by atomic mass is 35.5. The maximum atomic E-state index is 11.8. The van der Waals surface area contributed by atoms with Gasteiger partial charge in [-0.3, -0.25) is 4.79 Å². The molecule has 0 aromatic rings. The van der Waals surface area contributed by atoms with Crippen LogP contribution in [0.1, 0.15) is 12.8 Å². The van der Waals surface area contributed by atoms with Crippen LogP contribution in [0.2, 0.25) is 0 Å². The van der Waals surface area contributed by atoms with Gasteiger partial charge in [-0.25, -0.2) is 4.99 Å². The van der Waals surface area contributed by atoms with Gasteiger partial charge in [-0.1, -0.05) is 18.2 Å². The number of hydrogen-bond acceptors (Lipinski definition) is 3. The van der Waals surface area contributed by atoms with Crippen LogP contribution in [-0.4, -0.2) is 41.2 Å². The van der Waals surface area contributed by atoms with Crippen molar-refractivity contribution >= 4 is 23.3 Å². The van der Waals surface area contributed by atoms with Crippen LogP contribution in [0.5, 0.6) is 0 Å². The van der Waals surface area contributed by atoms with Crippen molar-refractivity contribution in [2.45, 2.75) is 18.9 Å². The van der Waals surface area contributed by atoms with Gasteiger partial charge in [0.2, 0.25) is 5.91 Å². The summed E-state index contributed by atoms with van der Waals surface area (Å²) in [5, 5.41) is 0.188. The molecule has 1 amide bonds. The van der Waals surface area contributed by atoms with Crippen LogP contribution in [0, 0.1) is 0 Å². The third-order valence-electron chi connectivity index (χ3n) is 2.91. The van der Waals surface area contributed by atoms with Crippen LogP contribution in [0.25, 0.3) is 0 Å². The first-order valence-corrected chi connectivity index (χ1v) is 5.81. The van der Waals surface area contributed by atoms with Crippen molar-refractivity contribution in [3.05, 3.63) is 23.6 Å². The maximum Gasteiger partial charge on any atom is 0.246 e. The van der Waals surface area contributed by atoms with Gasteiger partial charge in [-0.2, -0.15) is 0 Å². The monoisotopic (exact) mass is 254 g/mol. The van der Waals surface area contributed by atoms with Gasteiger partial charge in [-0.05, 0) is 12.8 Å². The number of aliphatic imine (C=N–C) groups is 1. The molecule has 0 atom stereocenters. The normalized spacial score (nSPS) is 25.9. The van der Waals surface area contributed by atoms with Gasteiger partial charge in [0.15, 0.2) is 5.84 Å². The first-order valence-electron chi connectivity index (χ1n) is 5.43. The first-order chi connectivity index (χ1) is 8.04. The number of halogens is 1. The zero-order chi connectivity index (χ0) is 12.6. The summed E-state index contributed by atoms with van der Waals surface area (Å²) < 4.78 is 0. The van der Waals surface area contributed by atoms with E-state index in [1.54, 1.807) is 7.05 Å². The molecule has 92 valence electrons. The lowest BCUT2D eigenvalue weighted by molar-refractivity contribution is -0.129. The van der Waals surface area contributed by atoms with Crippen LogP contribution >= 0.6 is 11.6 Å². The molecule has 1 aliphatic carbocycles. The van der Waals surface area contributed by atoms with E-state index in [1.807, 2.05) is 4.90 Å². The molecular weight excluding hydrogens is 240 g/mol. The Morgan fingerprint density at radius 2 is 2.29 bits per heavy atom. The van der Waals surface area contributed by atoms with Crippen LogP contribution in [0.15, 0.2) is 28.6 Å². The fourth-order valence-corrected chi connectivity index (χ4v) is 1.95. The minimum absolute atomic E-state index is 0.00716. The van der Waals surface area contributed by atoms with Crippen molar-refractivity contribution in [1.29, 1.82) is 0 Å². The van der Waals surface area contributed by atoms with Crippen molar-refractivity contribution in [2.75, 3.05) is 13.6 Å². The van der Waals surface area contributed by atoms with Gasteiger partial charge >= 0.3 is 0 Å². The highest BCUT2D eigenvalue weighted by Gasteiger charge is 2.39. The summed E-state index contributed by atoms with van der Waals surface area (Å²) in [7, 11) is 1.68. The van der Waals surface area contributed by atoms with Crippen LogP contribution in [0.3, 0.4) is 0 Å². The lowest BCUT2D eigenvalue weighted by atomic mass is 10.2. The Hall–Kier alpha value is -1.49. The van der Waals surface area contributed by atoms with E-state index in [2.05, 4.69) is 11.6 Å². The molecule has 1 saturated carbocycles. The quantitative estimate of drug-likeness (QED) is 0.743. The van der Waals surface area contributed by atoms with Crippen LogP contribution in [-0.2, 0) is 4.79 Å². The molecule has 0 unspecified atom stereocenters. The van der Waals surface area contributed by atoms with Gasteiger partial charge in [0, 0.05) is 19.3 Å². The molecule has 17 heavy (non-hydrogen) atoms. The Morgan fingerprint density at radius 1 is 1.65 bits per heavy atom. The number of amidine groups is 1. The van der Waals surface area contributed by atoms with Gasteiger partial charge in [0.1, 0.15) is 10.9 Å². The van der Waals surface area contributed by atoms with Gasteiger partial charge < -0.3 is 15.5 Å². The summed E-state index contributed by atoms with van der Waals surface area (Å²) in [6.45, 7) is 3.88. The number of rotatable bonds is 2. The van der Waals surface area contributed by atoms with E-state index in [-0.39, 0.29) is 11.1 Å². The second-order valence-corrected chi connectivity index (χ2v) is 4.61. The second kappa shape index (κ2) is 4.41. The Morgan fingerprint density at radius 3 is 2.76 bits per heavy atom. The summed E-state index contributed by atoms with van der Waals surface area (Å²) in [5.74, 6) is 0.643. The van der Waals surface area contributed by atoms with Crippen molar-refractivity contribution in [2.24, 2.45) is 10.7 Å². The van der Waals surface area contributed by atoms with E-state index < -0.39 is 0 Å². The lowest BCUT2D eigenvalue weighted by Crippen LogP contribution is -2.51. The number of carbonyl (C=O) groups is 1. The molecule has 0 radical (unpaired) electrons. The maximum absolute atomic E-state index is 11.8.